The van der Waals surface area contributed by atoms with Crippen LogP contribution in [0.2, 0.25) is 0 Å². The number of sulfonamides is 1. The van der Waals surface area contributed by atoms with Gasteiger partial charge in [0.25, 0.3) is 10.0 Å². The molecular weight excluding hydrogens is 449 g/mol. The molecule has 1 unspecified atom stereocenters. The standard InChI is InChI=1S/C24H18FNO4S2/c1-29-20-7-3-8-21-23(20)18-11-10-17(26-32(27,28)22-9-4-12-31-22)14-19(18)24(30-21)15-5-2-6-16(25)13-15/h2-14,24,26H,1H3. The van der Waals surface area contributed by atoms with Gasteiger partial charge in [0.2, 0.25) is 0 Å². The number of nitrogens with one attached hydrogen (secondary N) is 1. The van der Waals surface area contributed by atoms with Crippen molar-refractivity contribution in [3.63, 3.8) is 0 Å². The molecule has 0 fully saturated rings. The lowest BCUT2D eigenvalue weighted by Gasteiger charge is -2.30. The smallest absolute Gasteiger partial charge is 0.271 e. The molecule has 2 heterocycles. The van der Waals surface area contributed by atoms with Gasteiger partial charge >= 0.3 is 0 Å². The highest BCUT2D eigenvalue weighted by Crippen LogP contribution is 2.49. The van der Waals surface area contributed by atoms with Crippen LogP contribution < -0.4 is 14.2 Å². The molecule has 0 saturated heterocycles. The van der Waals surface area contributed by atoms with Crippen molar-refractivity contribution in [2.75, 3.05) is 11.8 Å². The van der Waals surface area contributed by atoms with Crippen molar-refractivity contribution in [2.45, 2.75) is 10.3 Å². The van der Waals surface area contributed by atoms with Crippen molar-refractivity contribution in [1.82, 2.24) is 0 Å². The van der Waals surface area contributed by atoms with Gasteiger partial charge in [0, 0.05) is 11.3 Å². The van der Waals surface area contributed by atoms with Crippen molar-refractivity contribution in [2.24, 2.45) is 0 Å². The summed E-state index contributed by atoms with van der Waals surface area (Å²) in [5, 5.41) is 1.71. The van der Waals surface area contributed by atoms with E-state index in [0.29, 0.717) is 28.3 Å². The van der Waals surface area contributed by atoms with E-state index in [9.17, 15) is 12.8 Å². The Labute approximate surface area is 189 Å². The summed E-state index contributed by atoms with van der Waals surface area (Å²) in [6.45, 7) is 0. The summed E-state index contributed by atoms with van der Waals surface area (Å²) in [5.74, 6) is 0.866. The molecule has 1 aliphatic rings. The average molecular weight is 468 g/mol. The van der Waals surface area contributed by atoms with Crippen LogP contribution in [0.5, 0.6) is 11.5 Å². The molecule has 0 saturated carbocycles. The monoisotopic (exact) mass is 467 g/mol. The van der Waals surface area contributed by atoms with Crippen LogP contribution in [0.3, 0.4) is 0 Å². The van der Waals surface area contributed by atoms with Gasteiger partial charge in [-0.2, -0.15) is 0 Å². The number of methoxy groups -OCH3 is 1. The predicted octanol–water partition coefficient (Wildman–Crippen LogP) is 5.85. The summed E-state index contributed by atoms with van der Waals surface area (Å²) in [7, 11) is -2.13. The fraction of sp³-hybridized carbons (Fsp3) is 0.0833. The molecule has 0 bridgehead atoms. The van der Waals surface area contributed by atoms with Crippen LogP contribution in [0.4, 0.5) is 10.1 Å². The first-order chi connectivity index (χ1) is 15.5. The second-order valence-electron chi connectivity index (χ2n) is 7.23. The number of halogens is 1. The van der Waals surface area contributed by atoms with Crippen LogP contribution in [-0.4, -0.2) is 15.5 Å². The second-order valence-corrected chi connectivity index (χ2v) is 10.1. The van der Waals surface area contributed by atoms with E-state index in [1.807, 2.05) is 24.3 Å². The minimum Gasteiger partial charge on any atom is -0.496 e. The van der Waals surface area contributed by atoms with Crippen LogP contribution in [0.1, 0.15) is 17.2 Å². The first kappa shape index (κ1) is 20.5. The average Bonchev–Trinajstić information content (AvgIpc) is 3.34. The normalized spacial score (nSPS) is 14.8. The van der Waals surface area contributed by atoms with E-state index in [1.54, 1.807) is 48.9 Å². The zero-order valence-corrected chi connectivity index (χ0v) is 18.5. The van der Waals surface area contributed by atoms with Gasteiger partial charge < -0.3 is 9.47 Å². The number of anilines is 1. The fourth-order valence-electron chi connectivity index (χ4n) is 3.85. The lowest BCUT2D eigenvalue weighted by Crippen LogP contribution is -2.17. The molecule has 162 valence electrons. The summed E-state index contributed by atoms with van der Waals surface area (Å²) in [4.78, 5) is 0. The molecular formula is C24H18FNO4S2. The molecule has 0 radical (unpaired) electrons. The second kappa shape index (κ2) is 7.96. The Bertz CT molecular complexity index is 1400. The highest BCUT2D eigenvalue weighted by Gasteiger charge is 2.30. The van der Waals surface area contributed by atoms with Gasteiger partial charge in [-0.15, -0.1) is 11.3 Å². The number of thiophene rings is 1. The number of hydrogen-bond donors (Lipinski definition) is 1. The quantitative estimate of drug-likeness (QED) is 0.400. The van der Waals surface area contributed by atoms with Crippen LogP contribution in [0.15, 0.2) is 82.4 Å². The Kier molecular flexibility index (Phi) is 5.11. The van der Waals surface area contributed by atoms with E-state index in [1.165, 1.54) is 12.1 Å². The highest BCUT2D eigenvalue weighted by atomic mass is 32.2. The lowest BCUT2D eigenvalue weighted by atomic mass is 9.89. The third-order valence-electron chi connectivity index (χ3n) is 5.22. The van der Waals surface area contributed by atoms with Gasteiger partial charge in [0.05, 0.1) is 12.7 Å². The number of fused-ring (bicyclic) bond motifs is 3. The molecule has 1 aromatic heterocycles. The van der Waals surface area contributed by atoms with E-state index < -0.39 is 16.1 Å². The fourth-order valence-corrected chi connectivity index (χ4v) is 5.89. The zero-order valence-electron chi connectivity index (χ0n) is 16.9. The molecule has 5 nitrogen and oxygen atoms in total. The predicted molar refractivity (Wildman–Crippen MR) is 122 cm³/mol. The molecule has 1 aliphatic heterocycles. The molecule has 3 aromatic carbocycles. The van der Waals surface area contributed by atoms with Gasteiger partial charge in [-0.05, 0) is 59.0 Å². The summed E-state index contributed by atoms with van der Waals surface area (Å²) in [6, 6.07) is 20.2. The van der Waals surface area contributed by atoms with Crippen molar-refractivity contribution >= 4 is 27.0 Å². The largest absolute Gasteiger partial charge is 0.496 e. The maximum atomic E-state index is 14.0. The number of hydrogen-bond acceptors (Lipinski definition) is 5. The summed E-state index contributed by atoms with van der Waals surface area (Å²) >= 11 is 1.14. The summed E-state index contributed by atoms with van der Waals surface area (Å²) in [6.07, 6.45) is -0.619. The van der Waals surface area contributed by atoms with E-state index in [4.69, 9.17) is 9.47 Å². The summed E-state index contributed by atoms with van der Waals surface area (Å²) < 4.78 is 54.1. The third kappa shape index (κ3) is 3.61. The van der Waals surface area contributed by atoms with Gasteiger partial charge in [-0.3, -0.25) is 4.72 Å². The highest BCUT2D eigenvalue weighted by molar-refractivity contribution is 7.94. The van der Waals surface area contributed by atoms with Crippen LogP contribution in [0.25, 0.3) is 11.1 Å². The van der Waals surface area contributed by atoms with Crippen LogP contribution >= 0.6 is 11.3 Å². The Hall–Kier alpha value is -3.36. The van der Waals surface area contributed by atoms with Crippen molar-refractivity contribution < 1.29 is 22.3 Å². The van der Waals surface area contributed by atoms with E-state index in [0.717, 1.165) is 22.5 Å². The van der Waals surface area contributed by atoms with Gasteiger partial charge in [0.15, 0.2) is 0 Å². The van der Waals surface area contributed by atoms with Gasteiger partial charge in [-0.25, -0.2) is 12.8 Å². The maximum absolute atomic E-state index is 14.0. The van der Waals surface area contributed by atoms with Crippen LogP contribution in [-0.2, 0) is 10.0 Å². The summed E-state index contributed by atoms with van der Waals surface area (Å²) in [5.41, 5.74) is 3.32. The number of benzene rings is 3. The van der Waals surface area contributed by atoms with Gasteiger partial charge in [-0.1, -0.05) is 30.3 Å². The maximum Gasteiger partial charge on any atom is 0.271 e. The van der Waals surface area contributed by atoms with E-state index >= 15 is 0 Å². The van der Waals surface area contributed by atoms with E-state index in [2.05, 4.69) is 4.72 Å². The zero-order chi connectivity index (χ0) is 22.3. The lowest BCUT2D eigenvalue weighted by molar-refractivity contribution is 0.241. The topological polar surface area (TPSA) is 64.6 Å². The Morgan fingerprint density at radius 3 is 2.62 bits per heavy atom. The molecule has 0 spiro atoms. The Morgan fingerprint density at radius 1 is 1.03 bits per heavy atom. The van der Waals surface area contributed by atoms with Gasteiger partial charge in [0.1, 0.15) is 27.6 Å². The molecule has 8 heteroatoms. The molecule has 0 aliphatic carbocycles. The Balaban J connectivity index is 1.66. The molecule has 0 amide bonds. The van der Waals surface area contributed by atoms with Crippen molar-refractivity contribution in [3.8, 4) is 22.6 Å². The first-order valence-electron chi connectivity index (χ1n) is 9.76. The molecule has 4 aromatic rings. The van der Waals surface area contributed by atoms with E-state index in [-0.39, 0.29) is 10.0 Å². The minimum absolute atomic E-state index is 0.222. The number of rotatable bonds is 5. The SMILES string of the molecule is COc1cccc2c1-c1ccc(NS(=O)(=O)c3cccs3)cc1C(c1cccc(F)c1)O2. The van der Waals surface area contributed by atoms with Crippen molar-refractivity contribution in [3.05, 3.63) is 95.1 Å². The molecule has 5 rings (SSSR count). The number of ether oxygens (including phenoxy) is 2. The minimum atomic E-state index is -3.72. The van der Waals surface area contributed by atoms with Crippen LogP contribution in [0, 0.1) is 5.82 Å². The Morgan fingerprint density at radius 2 is 1.88 bits per heavy atom. The van der Waals surface area contributed by atoms with Crippen molar-refractivity contribution in [1.29, 1.82) is 0 Å². The third-order valence-corrected chi connectivity index (χ3v) is 8.00. The molecule has 1 N–H and O–H groups in total. The first-order valence-corrected chi connectivity index (χ1v) is 12.1. The molecule has 32 heavy (non-hydrogen) atoms. The molecule has 1 atom stereocenters.